The molecule has 1 aliphatic heterocycles. The van der Waals surface area contributed by atoms with Gasteiger partial charge in [-0.3, -0.25) is 9.59 Å². The van der Waals surface area contributed by atoms with Gasteiger partial charge in [-0.05, 0) is 50.2 Å². The van der Waals surface area contributed by atoms with Gasteiger partial charge in [0.25, 0.3) is 0 Å². The molecule has 0 bridgehead atoms. The third kappa shape index (κ3) is 5.04. The molecule has 1 aromatic carbocycles. The molecule has 22 heavy (non-hydrogen) atoms. The third-order valence-corrected chi connectivity index (χ3v) is 3.71. The highest BCUT2D eigenvalue weighted by molar-refractivity contribution is 5.92. The molecule has 2 rings (SSSR count). The molecule has 6 heteroatoms. The number of carbonyl (C=O) groups is 2. The van der Waals surface area contributed by atoms with E-state index in [1.165, 1.54) is 0 Å². The minimum absolute atomic E-state index is 0.0501. The van der Waals surface area contributed by atoms with Crippen molar-refractivity contribution in [1.82, 2.24) is 10.6 Å². The van der Waals surface area contributed by atoms with Crippen LogP contribution in [0.4, 0.5) is 5.69 Å². The average molecular weight is 305 g/mol. The number of carbonyl (C=O) groups excluding carboxylic acids is 2. The number of rotatable bonds is 6. The zero-order valence-electron chi connectivity index (χ0n) is 12.9. The number of ether oxygens (including phenoxy) is 1. The maximum absolute atomic E-state index is 12.1. The van der Waals surface area contributed by atoms with Crippen molar-refractivity contribution in [2.45, 2.75) is 19.3 Å². The van der Waals surface area contributed by atoms with Crippen LogP contribution in [0, 0.1) is 5.92 Å². The Hall–Kier alpha value is -2.08. The Morgan fingerprint density at radius 1 is 1.23 bits per heavy atom. The molecule has 6 nitrogen and oxygen atoms in total. The Balaban J connectivity index is 1.78. The van der Waals surface area contributed by atoms with Crippen molar-refractivity contribution in [3.8, 4) is 5.75 Å². The Morgan fingerprint density at radius 2 is 1.91 bits per heavy atom. The third-order valence-electron chi connectivity index (χ3n) is 3.71. The Labute approximate surface area is 130 Å². The molecule has 0 unspecified atom stereocenters. The summed E-state index contributed by atoms with van der Waals surface area (Å²) in [5.74, 6) is 0.800. The summed E-state index contributed by atoms with van der Waals surface area (Å²) in [6, 6.07) is 7.21. The second kappa shape index (κ2) is 8.38. The lowest BCUT2D eigenvalue weighted by atomic mass is 9.97. The van der Waals surface area contributed by atoms with Crippen molar-refractivity contribution in [3.05, 3.63) is 24.3 Å². The fourth-order valence-electron chi connectivity index (χ4n) is 2.35. The molecular formula is C16H23N3O3. The monoisotopic (exact) mass is 305 g/mol. The predicted octanol–water partition coefficient (Wildman–Crippen LogP) is 1.14. The standard InChI is InChI=1S/C16H23N3O3/c1-17-15(20)8-11-22-14-4-2-13(3-5-14)19-16(21)12-6-9-18-10-7-12/h2-5,12,18H,6-11H2,1H3,(H,17,20)(H,19,21). The van der Waals surface area contributed by atoms with Crippen LogP contribution in [0.1, 0.15) is 19.3 Å². The molecule has 1 heterocycles. The fraction of sp³-hybridized carbons (Fsp3) is 0.500. The first-order valence-electron chi connectivity index (χ1n) is 7.64. The zero-order chi connectivity index (χ0) is 15.8. The molecule has 1 aliphatic rings. The van der Waals surface area contributed by atoms with E-state index >= 15 is 0 Å². The van der Waals surface area contributed by atoms with Crippen LogP contribution in [0.2, 0.25) is 0 Å². The summed E-state index contributed by atoms with van der Waals surface area (Å²) in [6.45, 7) is 2.13. The average Bonchev–Trinajstić information content (AvgIpc) is 2.57. The number of nitrogens with one attached hydrogen (secondary N) is 3. The molecule has 2 amide bonds. The van der Waals surface area contributed by atoms with Gasteiger partial charge in [0.1, 0.15) is 5.75 Å². The number of amides is 2. The van der Waals surface area contributed by atoms with Crippen molar-refractivity contribution in [1.29, 1.82) is 0 Å². The van der Waals surface area contributed by atoms with Crippen LogP contribution < -0.4 is 20.7 Å². The van der Waals surface area contributed by atoms with Gasteiger partial charge in [0.05, 0.1) is 13.0 Å². The molecule has 1 aromatic rings. The summed E-state index contributed by atoms with van der Waals surface area (Å²) in [6.07, 6.45) is 2.09. The van der Waals surface area contributed by atoms with Gasteiger partial charge in [0.2, 0.25) is 11.8 Å². The molecule has 1 fully saturated rings. The van der Waals surface area contributed by atoms with Gasteiger partial charge >= 0.3 is 0 Å². The molecule has 1 saturated heterocycles. The largest absolute Gasteiger partial charge is 0.493 e. The van der Waals surface area contributed by atoms with E-state index < -0.39 is 0 Å². The van der Waals surface area contributed by atoms with Gasteiger partial charge in [-0.1, -0.05) is 0 Å². The quantitative estimate of drug-likeness (QED) is 0.736. The number of anilines is 1. The molecule has 3 N–H and O–H groups in total. The second-order valence-electron chi connectivity index (χ2n) is 5.31. The van der Waals surface area contributed by atoms with Crippen LogP contribution in [0.15, 0.2) is 24.3 Å². The number of piperidine rings is 1. The van der Waals surface area contributed by atoms with E-state index in [0.29, 0.717) is 18.8 Å². The maximum atomic E-state index is 12.1. The molecule has 0 spiro atoms. The lowest BCUT2D eigenvalue weighted by Gasteiger charge is -2.21. The van der Waals surface area contributed by atoms with Gasteiger partial charge in [0.15, 0.2) is 0 Å². The van der Waals surface area contributed by atoms with Crippen molar-refractivity contribution >= 4 is 17.5 Å². The summed E-state index contributed by atoms with van der Waals surface area (Å²) >= 11 is 0. The van der Waals surface area contributed by atoms with Gasteiger partial charge < -0.3 is 20.7 Å². The minimum Gasteiger partial charge on any atom is -0.493 e. The van der Waals surface area contributed by atoms with Crippen LogP contribution in [-0.4, -0.2) is 38.6 Å². The molecule has 0 atom stereocenters. The highest BCUT2D eigenvalue weighted by Gasteiger charge is 2.20. The first kappa shape index (κ1) is 16.3. The number of hydrogen-bond donors (Lipinski definition) is 3. The van der Waals surface area contributed by atoms with Crippen molar-refractivity contribution in [2.24, 2.45) is 5.92 Å². The maximum Gasteiger partial charge on any atom is 0.227 e. The normalized spacial score (nSPS) is 15.1. The number of hydrogen-bond acceptors (Lipinski definition) is 4. The molecule has 120 valence electrons. The summed E-state index contributed by atoms with van der Waals surface area (Å²) in [7, 11) is 1.60. The summed E-state index contributed by atoms with van der Waals surface area (Å²) in [5, 5.41) is 8.73. The Kier molecular flexibility index (Phi) is 6.21. The van der Waals surface area contributed by atoms with Crippen molar-refractivity contribution in [2.75, 3.05) is 32.1 Å². The van der Waals surface area contributed by atoms with E-state index in [2.05, 4.69) is 16.0 Å². The lowest BCUT2D eigenvalue weighted by molar-refractivity contribution is -0.121. The van der Waals surface area contributed by atoms with Crippen LogP contribution >= 0.6 is 0 Å². The van der Waals surface area contributed by atoms with E-state index in [0.717, 1.165) is 31.6 Å². The molecule has 0 aromatic heterocycles. The highest BCUT2D eigenvalue weighted by atomic mass is 16.5. The number of benzene rings is 1. The van der Waals surface area contributed by atoms with E-state index in [4.69, 9.17) is 4.74 Å². The predicted molar refractivity (Wildman–Crippen MR) is 84.8 cm³/mol. The highest BCUT2D eigenvalue weighted by Crippen LogP contribution is 2.18. The SMILES string of the molecule is CNC(=O)CCOc1ccc(NC(=O)C2CCNCC2)cc1. The van der Waals surface area contributed by atoms with Gasteiger partial charge in [-0.25, -0.2) is 0 Å². The van der Waals surface area contributed by atoms with E-state index in [9.17, 15) is 9.59 Å². The molecule has 0 radical (unpaired) electrons. The molecular weight excluding hydrogens is 282 g/mol. The fourth-order valence-corrected chi connectivity index (χ4v) is 2.35. The second-order valence-corrected chi connectivity index (χ2v) is 5.31. The summed E-state index contributed by atoms with van der Waals surface area (Å²) in [5.41, 5.74) is 0.766. The lowest BCUT2D eigenvalue weighted by Crippen LogP contribution is -2.34. The van der Waals surface area contributed by atoms with E-state index in [1.54, 1.807) is 19.2 Å². The van der Waals surface area contributed by atoms with Crippen LogP contribution in [0.25, 0.3) is 0 Å². The van der Waals surface area contributed by atoms with Gasteiger partial charge in [-0.15, -0.1) is 0 Å². The molecule has 0 saturated carbocycles. The summed E-state index contributed by atoms with van der Waals surface area (Å²) < 4.78 is 5.47. The van der Waals surface area contributed by atoms with Crippen molar-refractivity contribution < 1.29 is 14.3 Å². The van der Waals surface area contributed by atoms with Crippen LogP contribution in [0.5, 0.6) is 5.75 Å². The first-order valence-corrected chi connectivity index (χ1v) is 7.64. The van der Waals surface area contributed by atoms with Crippen LogP contribution in [0.3, 0.4) is 0 Å². The zero-order valence-corrected chi connectivity index (χ0v) is 12.9. The van der Waals surface area contributed by atoms with Crippen LogP contribution in [-0.2, 0) is 9.59 Å². The van der Waals surface area contributed by atoms with E-state index in [-0.39, 0.29) is 17.7 Å². The first-order chi connectivity index (χ1) is 10.7. The minimum atomic E-state index is -0.0501. The van der Waals surface area contributed by atoms with Gasteiger partial charge in [-0.2, -0.15) is 0 Å². The Bertz CT molecular complexity index is 496. The Morgan fingerprint density at radius 3 is 2.55 bits per heavy atom. The van der Waals surface area contributed by atoms with Crippen molar-refractivity contribution in [3.63, 3.8) is 0 Å². The topological polar surface area (TPSA) is 79.5 Å². The smallest absolute Gasteiger partial charge is 0.227 e. The summed E-state index contributed by atoms with van der Waals surface area (Å²) in [4.78, 5) is 23.2. The molecule has 0 aliphatic carbocycles. The van der Waals surface area contributed by atoms with Gasteiger partial charge in [0, 0.05) is 18.7 Å². The van der Waals surface area contributed by atoms with E-state index in [1.807, 2.05) is 12.1 Å².